The van der Waals surface area contributed by atoms with Crippen molar-refractivity contribution < 1.29 is 18.3 Å². The highest BCUT2D eigenvalue weighted by Gasteiger charge is 2.11. The van der Waals surface area contributed by atoms with Crippen molar-refractivity contribution in [2.24, 2.45) is 4.99 Å². The number of fused-ring (bicyclic) bond motifs is 1. The van der Waals surface area contributed by atoms with Gasteiger partial charge in [-0.15, -0.1) is 0 Å². The van der Waals surface area contributed by atoms with Crippen molar-refractivity contribution in [3.63, 3.8) is 0 Å². The Morgan fingerprint density at radius 2 is 1.97 bits per heavy atom. The van der Waals surface area contributed by atoms with E-state index in [0.29, 0.717) is 19.0 Å². The van der Waals surface area contributed by atoms with Gasteiger partial charge in [0.15, 0.2) is 17.5 Å². The first-order chi connectivity index (χ1) is 15.5. The summed E-state index contributed by atoms with van der Waals surface area (Å²) in [5.74, 6) is 1.90. The Bertz CT molecular complexity index is 1050. The normalized spacial score (nSPS) is 11.8. The van der Waals surface area contributed by atoms with E-state index >= 15 is 0 Å². The maximum Gasteiger partial charge on any atom is 0.387 e. The lowest BCUT2D eigenvalue weighted by Crippen LogP contribution is -2.38. The Morgan fingerprint density at radius 1 is 1.16 bits per heavy atom. The number of imidazole rings is 1. The Morgan fingerprint density at radius 3 is 2.72 bits per heavy atom. The lowest BCUT2D eigenvalue weighted by molar-refractivity contribution is -0.0512. The van der Waals surface area contributed by atoms with Crippen LogP contribution < -0.4 is 20.1 Å². The average molecular weight is 446 g/mol. The first kappa shape index (κ1) is 23.3. The zero-order chi connectivity index (χ0) is 22.9. The van der Waals surface area contributed by atoms with Crippen LogP contribution in [0, 0.1) is 6.92 Å². The summed E-state index contributed by atoms with van der Waals surface area (Å²) in [6, 6.07) is 13.0. The highest BCUT2D eigenvalue weighted by Crippen LogP contribution is 2.29. The number of para-hydroxylation sites is 2. The highest BCUT2D eigenvalue weighted by molar-refractivity contribution is 5.79. The molecule has 32 heavy (non-hydrogen) atoms. The molecule has 2 N–H and O–H groups in total. The molecule has 2 aromatic carbocycles. The summed E-state index contributed by atoms with van der Waals surface area (Å²) in [6.45, 7) is 3.66. The first-order valence-corrected chi connectivity index (χ1v) is 10.6. The number of hydrogen-bond acceptors (Lipinski definition) is 4. The van der Waals surface area contributed by atoms with Crippen molar-refractivity contribution >= 4 is 17.0 Å². The second kappa shape index (κ2) is 11.3. The predicted molar refractivity (Wildman–Crippen MR) is 122 cm³/mol. The van der Waals surface area contributed by atoms with Crippen LogP contribution in [0.25, 0.3) is 11.0 Å². The van der Waals surface area contributed by atoms with E-state index in [4.69, 9.17) is 4.74 Å². The molecule has 0 amide bonds. The third-order valence-electron chi connectivity index (χ3n) is 4.90. The number of aryl methyl sites for hydroxylation is 2. The minimum Gasteiger partial charge on any atom is -0.493 e. The van der Waals surface area contributed by atoms with E-state index in [-0.39, 0.29) is 11.5 Å². The smallest absolute Gasteiger partial charge is 0.387 e. The summed E-state index contributed by atoms with van der Waals surface area (Å²) in [7, 11) is 1.41. The molecule has 0 bridgehead atoms. The zero-order valence-corrected chi connectivity index (χ0v) is 18.6. The van der Waals surface area contributed by atoms with Crippen LogP contribution in [0.5, 0.6) is 11.5 Å². The highest BCUT2D eigenvalue weighted by atomic mass is 19.3. The zero-order valence-electron chi connectivity index (χ0n) is 18.6. The van der Waals surface area contributed by atoms with Gasteiger partial charge in [0.1, 0.15) is 5.82 Å². The first-order valence-electron chi connectivity index (χ1n) is 10.6. The fraction of sp³-hybridized carbons (Fsp3) is 0.391. The molecule has 0 saturated heterocycles. The minimum absolute atomic E-state index is 0.00362. The molecular weight excluding hydrogens is 416 g/mol. The van der Waals surface area contributed by atoms with Gasteiger partial charge in [-0.05, 0) is 50.1 Å². The number of nitrogens with one attached hydrogen (secondary N) is 2. The Hall–Kier alpha value is -3.36. The third kappa shape index (κ3) is 6.09. The molecule has 1 heterocycles. The van der Waals surface area contributed by atoms with Gasteiger partial charge < -0.3 is 24.7 Å². The van der Waals surface area contributed by atoms with Gasteiger partial charge in [-0.25, -0.2) is 9.98 Å². The summed E-state index contributed by atoms with van der Waals surface area (Å²) >= 11 is 0. The molecule has 0 atom stereocenters. The standard InChI is InChI=1S/C23H29F2N5O2/c1-4-26-23(28-15-17-10-11-20(31-3)21(14-17)32-22(24)25)27-12-7-13-30-16(2)29-18-8-5-6-9-19(18)30/h5-6,8-11,14,22H,4,7,12-13,15H2,1-3H3,(H2,26,27,28). The van der Waals surface area contributed by atoms with Crippen molar-refractivity contribution in [3.05, 3.63) is 53.9 Å². The summed E-state index contributed by atoms with van der Waals surface area (Å²) < 4.78 is 37.1. The van der Waals surface area contributed by atoms with Gasteiger partial charge in [0.05, 0.1) is 24.7 Å². The fourth-order valence-electron chi connectivity index (χ4n) is 3.44. The number of ether oxygens (including phenoxy) is 2. The monoisotopic (exact) mass is 445 g/mol. The van der Waals surface area contributed by atoms with Crippen LogP contribution in [-0.4, -0.2) is 42.3 Å². The van der Waals surface area contributed by atoms with Gasteiger partial charge in [-0.3, -0.25) is 0 Å². The van der Waals surface area contributed by atoms with Crippen LogP contribution in [0.1, 0.15) is 24.7 Å². The third-order valence-corrected chi connectivity index (χ3v) is 4.90. The van der Waals surface area contributed by atoms with Gasteiger partial charge in [0, 0.05) is 19.6 Å². The van der Waals surface area contributed by atoms with E-state index in [9.17, 15) is 8.78 Å². The fourth-order valence-corrected chi connectivity index (χ4v) is 3.44. The molecular formula is C23H29F2N5O2. The van der Waals surface area contributed by atoms with Crippen LogP contribution in [-0.2, 0) is 13.1 Å². The van der Waals surface area contributed by atoms with Crippen molar-refractivity contribution in [3.8, 4) is 11.5 Å². The molecule has 0 aliphatic rings. The topological polar surface area (TPSA) is 72.7 Å². The van der Waals surface area contributed by atoms with Crippen molar-refractivity contribution in [1.29, 1.82) is 0 Å². The van der Waals surface area contributed by atoms with E-state index < -0.39 is 6.61 Å². The lowest BCUT2D eigenvalue weighted by atomic mass is 10.2. The number of guanidine groups is 1. The SMILES string of the molecule is CCNC(=NCc1ccc(OC)c(OC(F)F)c1)NCCCn1c(C)nc2ccccc21. The Balaban J connectivity index is 1.58. The van der Waals surface area contributed by atoms with Crippen molar-refractivity contribution in [2.75, 3.05) is 20.2 Å². The van der Waals surface area contributed by atoms with Crippen LogP contribution >= 0.6 is 0 Å². The second-order valence-corrected chi connectivity index (χ2v) is 7.14. The quantitative estimate of drug-likeness (QED) is 0.279. The number of methoxy groups -OCH3 is 1. The lowest BCUT2D eigenvalue weighted by Gasteiger charge is -2.13. The number of alkyl halides is 2. The Labute approximate surface area is 186 Å². The molecule has 0 unspecified atom stereocenters. The number of aliphatic imine (C=N–C) groups is 1. The number of rotatable bonds is 10. The van der Waals surface area contributed by atoms with Gasteiger partial charge in [0.2, 0.25) is 0 Å². The largest absolute Gasteiger partial charge is 0.493 e. The van der Waals surface area contributed by atoms with Gasteiger partial charge in [-0.1, -0.05) is 18.2 Å². The summed E-state index contributed by atoms with van der Waals surface area (Å²) in [5.41, 5.74) is 2.87. The maximum atomic E-state index is 12.6. The molecule has 0 aliphatic carbocycles. The van der Waals surface area contributed by atoms with E-state index in [1.54, 1.807) is 12.1 Å². The molecule has 9 heteroatoms. The molecule has 0 radical (unpaired) electrons. The summed E-state index contributed by atoms with van der Waals surface area (Å²) in [6.07, 6.45) is 0.889. The molecule has 3 rings (SSSR count). The number of hydrogen-bond donors (Lipinski definition) is 2. The van der Waals surface area contributed by atoms with Crippen LogP contribution in [0.3, 0.4) is 0 Å². The molecule has 1 aromatic heterocycles. The second-order valence-electron chi connectivity index (χ2n) is 7.14. The molecule has 3 aromatic rings. The molecule has 7 nitrogen and oxygen atoms in total. The average Bonchev–Trinajstić information content (AvgIpc) is 3.09. The van der Waals surface area contributed by atoms with Gasteiger partial charge in [-0.2, -0.15) is 8.78 Å². The molecule has 0 saturated carbocycles. The van der Waals surface area contributed by atoms with E-state index in [2.05, 4.69) is 36.0 Å². The predicted octanol–water partition coefficient (Wildman–Crippen LogP) is 4.10. The summed E-state index contributed by atoms with van der Waals surface area (Å²) in [5, 5.41) is 6.52. The van der Waals surface area contributed by atoms with Gasteiger partial charge in [0.25, 0.3) is 0 Å². The van der Waals surface area contributed by atoms with Crippen molar-refractivity contribution in [1.82, 2.24) is 20.2 Å². The number of benzene rings is 2. The maximum absolute atomic E-state index is 12.6. The number of nitrogens with zero attached hydrogens (tertiary/aromatic N) is 3. The number of aromatic nitrogens is 2. The Kier molecular flexibility index (Phi) is 8.24. The molecule has 0 spiro atoms. The van der Waals surface area contributed by atoms with Crippen LogP contribution in [0.15, 0.2) is 47.5 Å². The molecule has 0 aliphatic heterocycles. The van der Waals surface area contributed by atoms with Crippen molar-refractivity contribution in [2.45, 2.75) is 40.0 Å². The van der Waals surface area contributed by atoms with E-state index in [1.807, 2.05) is 32.0 Å². The number of halogens is 2. The van der Waals surface area contributed by atoms with E-state index in [1.165, 1.54) is 13.2 Å². The van der Waals surface area contributed by atoms with Crippen LogP contribution in [0.4, 0.5) is 8.78 Å². The van der Waals surface area contributed by atoms with Crippen LogP contribution in [0.2, 0.25) is 0 Å². The van der Waals surface area contributed by atoms with E-state index in [0.717, 1.165) is 41.9 Å². The minimum atomic E-state index is -2.92. The summed E-state index contributed by atoms with van der Waals surface area (Å²) in [4.78, 5) is 9.15. The molecule has 0 fully saturated rings. The molecule has 172 valence electrons. The van der Waals surface area contributed by atoms with Gasteiger partial charge >= 0.3 is 6.61 Å².